The second-order valence-corrected chi connectivity index (χ2v) is 6.56. The Bertz CT molecular complexity index is 1260. The summed E-state index contributed by atoms with van der Waals surface area (Å²) in [5, 5.41) is 5.72. The van der Waals surface area contributed by atoms with E-state index < -0.39 is 11.5 Å². The van der Waals surface area contributed by atoms with E-state index in [1.54, 1.807) is 31.2 Å². The van der Waals surface area contributed by atoms with Gasteiger partial charge in [-0.3, -0.25) is 14.7 Å². The Labute approximate surface area is 160 Å². The Kier molecular flexibility index (Phi) is 4.19. The maximum Gasteiger partial charge on any atom is 0.285 e. The Morgan fingerprint density at radius 3 is 2.46 bits per heavy atom. The van der Waals surface area contributed by atoms with Gasteiger partial charge in [0.15, 0.2) is 5.65 Å². The van der Waals surface area contributed by atoms with Crippen molar-refractivity contribution in [2.24, 2.45) is 0 Å². The number of nitrogens with one attached hydrogen (secondary N) is 2. The van der Waals surface area contributed by atoms with Gasteiger partial charge in [-0.2, -0.15) is 0 Å². The van der Waals surface area contributed by atoms with E-state index in [1.165, 1.54) is 4.52 Å². The Balaban J connectivity index is 1.85. The van der Waals surface area contributed by atoms with E-state index in [4.69, 9.17) is 5.73 Å². The number of amides is 1. The molecule has 0 spiro atoms. The predicted molar refractivity (Wildman–Crippen MR) is 110 cm³/mol. The van der Waals surface area contributed by atoms with Crippen LogP contribution in [0.2, 0.25) is 0 Å². The molecule has 4 N–H and O–H groups in total. The van der Waals surface area contributed by atoms with Crippen molar-refractivity contribution in [3.63, 3.8) is 0 Å². The number of nitrogens with zero attached hydrogens (tertiary/aromatic N) is 2. The summed E-state index contributed by atoms with van der Waals surface area (Å²) in [5.41, 5.74) is 9.68. The summed E-state index contributed by atoms with van der Waals surface area (Å²) in [6.45, 7) is 3.53. The van der Waals surface area contributed by atoms with E-state index in [0.717, 1.165) is 16.8 Å². The summed E-state index contributed by atoms with van der Waals surface area (Å²) < 4.78 is 1.31. The topological polar surface area (TPSA) is 105 Å². The van der Waals surface area contributed by atoms with Crippen LogP contribution in [0.4, 0.5) is 11.4 Å². The second-order valence-electron chi connectivity index (χ2n) is 6.56. The van der Waals surface area contributed by atoms with E-state index in [-0.39, 0.29) is 5.56 Å². The molecule has 0 saturated carbocycles. The summed E-state index contributed by atoms with van der Waals surface area (Å²) >= 11 is 0. The molecule has 2 aromatic heterocycles. The van der Waals surface area contributed by atoms with Crippen LogP contribution in [0, 0.1) is 13.8 Å². The summed E-state index contributed by atoms with van der Waals surface area (Å²) in [6, 6.07) is 16.6. The highest BCUT2D eigenvalue weighted by Crippen LogP contribution is 2.26. The largest absolute Gasteiger partial charge is 0.397 e. The Morgan fingerprint density at radius 1 is 1.07 bits per heavy atom. The van der Waals surface area contributed by atoms with Crippen LogP contribution in [0.5, 0.6) is 0 Å². The average molecular weight is 373 g/mol. The molecule has 4 rings (SSSR count). The first-order valence-electron chi connectivity index (χ1n) is 8.80. The minimum absolute atomic E-state index is 0.0263. The number of hydrogen-bond donors (Lipinski definition) is 3. The van der Waals surface area contributed by atoms with Crippen LogP contribution in [0.3, 0.4) is 0 Å². The highest BCUT2D eigenvalue weighted by atomic mass is 16.2. The number of aromatic nitrogens is 3. The van der Waals surface area contributed by atoms with E-state index in [1.807, 2.05) is 37.3 Å². The number of nitrogen functional groups attached to an aromatic ring is 1. The van der Waals surface area contributed by atoms with E-state index in [9.17, 15) is 9.59 Å². The zero-order chi connectivity index (χ0) is 19.8. The van der Waals surface area contributed by atoms with E-state index in [2.05, 4.69) is 15.4 Å². The van der Waals surface area contributed by atoms with Gasteiger partial charge < -0.3 is 11.1 Å². The molecule has 0 unspecified atom stereocenters. The third kappa shape index (κ3) is 2.83. The third-order valence-corrected chi connectivity index (χ3v) is 4.64. The highest BCUT2D eigenvalue weighted by Gasteiger charge is 2.22. The number of para-hydroxylation sites is 2. The van der Waals surface area contributed by atoms with Gasteiger partial charge in [0.2, 0.25) is 0 Å². The lowest BCUT2D eigenvalue weighted by atomic mass is 10.1. The minimum Gasteiger partial charge on any atom is -0.397 e. The van der Waals surface area contributed by atoms with Crippen LogP contribution in [0.25, 0.3) is 16.8 Å². The van der Waals surface area contributed by atoms with Crippen LogP contribution in [-0.4, -0.2) is 20.5 Å². The quantitative estimate of drug-likeness (QED) is 0.480. The van der Waals surface area contributed by atoms with Gasteiger partial charge in [-0.15, -0.1) is 0 Å². The third-order valence-electron chi connectivity index (χ3n) is 4.64. The van der Waals surface area contributed by atoms with Gasteiger partial charge in [-0.05, 0) is 31.5 Å². The smallest absolute Gasteiger partial charge is 0.285 e. The lowest BCUT2D eigenvalue weighted by Crippen LogP contribution is -2.29. The van der Waals surface area contributed by atoms with Crippen LogP contribution in [0.15, 0.2) is 59.4 Å². The average Bonchev–Trinajstić information content (AvgIpc) is 3.00. The SMILES string of the molecule is Cc1nc2c(-c3ccccc3)c(C)[nH]n2c(=O)c1C(=O)Nc1ccccc1N. The monoisotopic (exact) mass is 373 g/mol. The molecule has 2 heterocycles. The lowest BCUT2D eigenvalue weighted by Gasteiger charge is -2.09. The van der Waals surface area contributed by atoms with E-state index in [0.29, 0.717) is 22.7 Å². The molecule has 4 aromatic rings. The molecule has 7 heteroatoms. The molecule has 0 aliphatic carbocycles. The summed E-state index contributed by atoms with van der Waals surface area (Å²) in [6.07, 6.45) is 0. The number of aromatic amines is 1. The van der Waals surface area contributed by atoms with Gasteiger partial charge in [0.25, 0.3) is 11.5 Å². The van der Waals surface area contributed by atoms with Crippen LogP contribution in [-0.2, 0) is 0 Å². The zero-order valence-electron chi connectivity index (χ0n) is 15.5. The molecule has 7 nitrogen and oxygen atoms in total. The summed E-state index contributed by atoms with van der Waals surface area (Å²) in [7, 11) is 0. The second kappa shape index (κ2) is 6.70. The number of hydrogen-bond acceptors (Lipinski definition) is 4. The van der Waals surface area contributed by atoms with Crippen molar-refractivity contribution in [2.45, 2.75) is 13.8 Å². The molecule has 0 saturated heterocycles. The standard InChI is InChI=1S/C21H19N5O2/c1-12-18(20(27)24-16-11-7-6-10-15(16)22)21(28)26-19(23-12)17(13(2)25-26)14-8-4-3-5-9-14/h3-11,25H,22H2,1-2H3,(H,24,27). The maximum absolute atomic E-state index is 13.1. The fraction of sp³-hybridized carbons (Fsp3) is 0.0952. The minimum atomic E-state index is -0.546. The van der Waals surface area contributed by atoms with E-state index >= 15 is 0 Å². The van der Waals surface area contributed by atoms with Crippen molar-refractivity contribution in [3.05, 3.63) is 81.9 Å². The van der Waals surface area contributed by atoms with Crippen molar-refractivity contribution in [3.8, 4) is 11.1 Å². The molecule has 0 aliphatic heterocycles. The van der Waals surface area contributed by atoms with Gasteiger partial charge in [-0.1, -0.05) is 42.5 Å². The fourth-order valence-electron chi connectivity index (χ4n) is 3.30. The fourth-order valence-corrected chi connectivity index (χ4v) is 3.30. The number of fused-ring (bicyclic) bond motifs is 1. The van der Waals surface area contributed by atoms with Crippen molar-refractivity contribution in [1.29, 1.82) is 0 Å². The molecule has 28 heavy (non-hydrogen) atoms. The summed E-state index contributed by atoms with van der Waals surface area (Å²) in [4.78, 5) is 30.4. The maximum atomic E-state index is 13.1. The first kappa shape index (κ1) is 17.5. The number of rotatable bonds is 3. The molecule has 0 radical (unpaired) electrons. The highest BCUT2D eigenvalue weighted by molar-refractivity contribution is 6.06. The number of nitrogens with two attached hydrogens (primary N) is 1. The van der Waals surface area contributed by atoms with Crippen molar-refractivity contribution >= 4 is 22.9 Å². The number of benzene rings is 2. The van der Waals surface area contributed by atoms with Gasteiger partial charge in [0.05, 0.1) is 17.1 Å². The molecule has 140 valence electrons. The molecule has 2 aromatic carbocycles. The van der Waals surface area contributed by atoms with Crippen molar-refractivity contribution < 1.29 is 4.79 Å². The van der Waals surface area contributed by atoms with Crippen molar-refractivity contribution in [2.75, 3.05) is 11.1 Å². The molecule has 1 amide bonds. The first-order chi connectivity index (χ1) is 13.5. The van der Waals surface area contributed by atoms with Gasteiger partial charge in [0.1, 0.15) is 5.56 Å². The molecule has 0 bridgehead atoms. The molecule has 0 atom stereocenters. The zero-order valence-corrected chi connectivity index (χ0v) is 15.5. The van der Waals surface area contributed by atoms with Crippen LogP contribution >= 0.6 is 0 Å². The first-order valence-corrected chi connectivity index (χ1v) is 8.80. The van der Waals surface area contributed by atoms with Gasteiger partial charge in [0, 0.05) is 11.3 Å². The number of carbonyl (C=O) groups is 1. The number of anilines is 2. The molecule has 0 aliphatic rings. The summed E-state index contributed by atoms with van der Waals surface area (Å²) in [5.74, 6) is -0.546. The predicted octanol–water partition coefficient (Wildman–Crippen LogP) is 3.14. The number of H-pyrrole nitrogens is 1. The normalized spacial score (nSPS) is 10.9. The molecular formula is C21H19N5O2. The van der Waals surface area contributed by atoms with Crippen LogP contribution < -0.4 is 16.6 Å². The van der Waals surface area contributed by atoms with Crippen LogP contribution in [0.1, 0.15) is 21.7 Å². The molecular weight excluding hydrogens is 354 g/mol. The van der Waals surface area contributed by atoms with Gasteiger partial charge >= 0.3 is 0 Å². The van der Waals surface area contributed by atoms with Gasteiger partial charge in [-0.25, -0.2) is 9.50 Å². The Morgan fingerprint density at radius 2 is 1.75 bits per heavy atom. The number of aryl methyl sites for hydroxylation is 2. The van der Waals surface area contributed by atoms with Crippen molar-refractivity contribution in [1.82, 2.24) is 14.6 Å². The Hall–Kier alpha value is -3.87. The molecule has 0 fully saturated rings. The number of carbonyl (C=O) groups excluding carboxylic acids is 1. The lowest BCUT2D eigenvalue weighted by molar-refractivity contribution is 0.102.